The molecule has 1 aliphatic rings. The fraction of sp³-hybridized carbons (Fsp3) is 0.318. The summed E-state index contributed by atoms with van der Waals surface area (Å²) in [5.74, 6) is -0.464. The van der Waals surface area contributed by atoms with Gasteiger partial charge in [0.05, 0.1) is 5.69 Å². The third kappa shape index (κ3) is 3.98. The number of piperazine rings is 1. The van der Waals surface area contributed by atoms with Crippen LogP contribution in [0.25, 0.3) is 11.0 Å². The van der Waals surface area contributed by atoms with Crippen LogP contribution in [0, 0.1) is 0 Å². The lowest BCUT2D eigenvalue weighted by molar-refractivity contribution is -0.129. The van der Waals surface area contributed by atoms with Gasteiger partial charge in [0, 0.05) is 52.0 Å². The van der Waals surface area contributed by atoms with Gasteiger partial charge in [-0.25, -0.2) is 9.78 Å². The lowest BCUT2D eigenvalue weighted by Gasteiger charge is -2.36. The summed E-state index contributed by atoms with van der Waals surface area (Å²) >= 11 is 0. The van der Waals surface area contributed by atoms with E-state index in [0.717, 1.165) is 4.57 Å². The first-order valence-corrected chi connectivity index (χ1v) is 10.3. The number of hydrogen-bond donors (Lipinski definition) is 1. The Morgan fingerprint density at radius 3 is 2.38 bits per heavy atom. The number of nitrogens with one attached hydrogen (secondary N) is 1. The zero-order valence-electron chi connectivity index (χ0n) is 17.9. The molecule has 0 aliphatic carbocycles. The van der Waals surface area contributed by atoms with Crippen molar-refractivity contribution in [3.8, 4) is 0 Å². The second-order valence-electron chi connectivity index (χ2n) is 7.67. The van der Waals surface area contributed by atoms with E-state index in [1.54, 1.807) is 41.4 Å². The number of hydrogen-bond acceptors (Lipinski definition) is 6. The van der Waals surface area contributed by atoms with Gasteiger partial charge in [-0.2, -0.15) is 0 Å². The first-order chi connectivity index (χ1) is 15.4. The molecule has 2 aromatic heterocycles. The van der Waals surface area contributed by atoms with E-state index in [1.807, 2.05) is 11.0 Å². The Kier molecular flexibility index (Phi) is 5.76. The Morgan fingerprint density at radius 1 is 1.03 bits per heavy atom. The summed E-state index contributed by atoms with van der Waals surface area (Å²) in [7, 11) is 1.53. The lowest BCUT2D eigenvalue weighted by Crippen LogP contribution is -2.49. The SMILES string of the molecule is CC(=O)N1CCN(c2ccnc3c2c(=O)n(CC(=O)Nc2ccccc2)c(=O)n3C)CC1. The predicted octanol–water partition coefficient (Wildman–Crippen LogP) is 0.402. The second-order valence-corrected chi connectivity index (χ2v) is 7.67. The maximum absolute atomic E-state index is 13.4. The van der Waals surface area contributed by atoms with Crippen LogP contribution in [-0.2, 0) is 23.2 Å². The molecule has 32 heavy (non-hydrogen) atoms. The number of rotatable bonds is 4. The third-order valence-electron chi connectivity index (χ3n) is 5.63. The number of fused-ring (bicyclic) bond motifs is 1. The first-order valence-electron chi connectivity index (χ1n) is 10.3. The highest BCUT2D eigenvalue weighted by atomic mass is 16.2. The van der Waals surface area contributed by atoms with E-state index in [2.05, 4.69) is 10.3 Å². The van der Waals surface area contributed by atoms with E-state index >= 15 is 0 Å². The monoisotopic (exact) mass is 436 g/mol. The van der Waals surface area contributed by atoms with E-state index < -0.39 is 23.7 Å². The Hall–Kier alpha value is -3.95. The molecule has 166 valence electrons. The van der Waals surface area contributed by atoms with E-state index in [1.165, 1.54) is 18.5 Å². The molecular weight excluding hydrogens is 412 g/mol. The summed E-state index contributed by atoms with van der Waals surface area (Å²) in [6, 6.07) is 10.6. The fourth-order valence-electron chi connectivity index (χ4n) is 3.92. The van der Waals surface area contributed by atoms with Gasteiger partial charge in [0.25, 0.3) is 5.56 Å². The standard InChI is InChI=1S/C22H24N6O4/c1-15(29)26-10-12-27(13-11-26)17-8-9-23-20-19(17)21(31)28(22(32)25(20)2)14-18(30)24-16-6-4-3-5-7-16/h3-9H,10-14H2,1-2H3,(H,24,30). The Morgan fingerprint density at radius 2 is 1.72 bits per heavy atom. The molecule has 2 amide bonds. The topological polar surface area (TPSA) is 110 Å². The number of pyridine rings is 1. The summed E-state index contributed by atoms with van der Waals surface area (Å²) < 4.78 is 2.21. The molecule has 0 saturated carbocycles. The van der Waals surface area contributed by atoms with Crippen LogP contribution in [0.1, 0.15) is 6.92 Å². The van der Waals surface area contributed by atoms with Crippen LogP contribution < -0.4 is 21.5 Å². The van der Waals surface area contributed by atoms with E-state index in [0.29, 0.717) is 37.6 Å². The first kappa shape index (κ1) is 21.3. The fourth-order valence-corrected chi connectivity index (χ4v) is 3.92. The van der Waals surface area contributed by atoms with Crippen LogP contribution in [0.3, 0.4) is 0 Å². The van der Waals surface area contributed by atoms with Gasteiger partial charge in [-0.3, -0.25) is 23.5 Å². The molecule has 1 N–H and O–H groups in total. The maximum atomic E-state index is 13.4. The molecule has 3 heterocycles. The van der Waals surface area contributed by atoms with Crippen LogP contribution in [0.15, 0.2) is 52.2 Å². The molecule has 0 bridgehead atoms. The molecule has 1 fully saturated rings. The van der Waals surface area contributed by atoms with Crippen LogP contribution >= 0.6 is 0 Å². The van der Waals surface area contributed by atoms with E-state index in [-0.39, 0.29) is 16.9 Å². The van der Waals surface area contributed by atoms with Gasteiger partial charge in [0.15, 0.2) is 5.65 Å². The number of para-hydroxylation sites is 1. The number of aryl methyl sites for hydroxylation is 1. The Bertz CT molecular complexity index is 1290. The number of aromatic nitrogens is 3. The predicted molar refractivity (Wildman–Crippen MR) is 121 cm³/mol. The van der Waals surface area contributed by atoms with Gasteiger partial charge >= 0.3 is 5.69 Å². The quantitative estimate of drug-likeness (QED) is 0.634. The van der Waals surface area contributed by atoms with Gasteiger partial charge in [-0.05, 0) is 18.2 Å². The van der Waals surface area contributed by atoms with Crippen molar-refractivity contribution in [2.24, 2.45) is 7.05 Å². The van der Waals surface area contributed by atoms with Crippen molar-refractivity contribution in [2.75, 3.05) is 36.4 Å². The van der Waals surface area contributed by atoms with Gasteiger partial charge in [0.2, 0.25) is 11.8 Å². The Balaban J connectivity index is 1.71. The highest BCUT2D eigenvalue weighted by Gasteiger charge is 2.24. The largest absolute Gasteiger partial charge is 0.367 e. The molecule has 4 rings (SSSR count). The average molecular weight is 436 g/mol. The van der Waals surface area contributed by atoms with Crippen LogP contribution in [0.2, 0.25) is 0 Å². The second kappa shape index (κ2) is 8.66. The minimum Gasteiger partial charge on any atom is -0.367 e. The smallest absolute Gasteiger partial charge is 0.332 e. The zero-order valence-corrected chi connectivity index (χ0v) is 17.9. The number of anilines is 2. The molecule has 0 unspecified atom stereocenters. The average Bonchev–Trinajstić information content (AvgIpc) is 2.80. The van der Waals surface area contributed by atoms with Crippen LogP contribution in [-0.4, -0.2) is 57.0 Å². The van der Waals surface area contributed by atoms with Crippen molar-refractivity contribution < 1.29 is 9.59 Å². The molecule has 1 saturated heterocycles. The summed E-state index contributed by atoms with van der Waals surface area (Å²) in [5.41, 5.74) is 0.288. The van der Waals surface area contributed by atoms with E-state index in [9.17, 15) is 19.2 Å². The van der Waals surface area contributed by atoms with Crippen molar-refractivity contribution in [3.63, 3.8) is 0 Å². The number of carbonyl (C=O) groups is 2. The van der Waals surface area contributed by atoms with Gasteiger partial charge < -0.3 is 15.1 Å². The molecule has 0 radical (unpaired) electrons. The molecule has 10 nitrogen and oxygen atoms in total. The molecule has 0 spiro atoms. The number of carbonyl (C=O) groups excluding carboxylic acids is 2. The molecule has 10 heteroatoms. The van der Waals surface area contributed by atoms with Crippen molar-refractivity contribution in [1.82, 2.24) is 19.0 Å². The third-order valence-corrected chi connectivity index (χ3v) is 5.63. The molecule has 1 aliphatic heterocycles. The van der Waals surface area contributed by atoms with E-state index in [4.69, 9.17) is 0 Å². The number of amides is 2. The summed E-state index contributed by atoms with van der Waals surface area (Å²) in [6.45, 7) is 3.30. The lowest BCUT2D eigenvalue weighted by atomic mass is 10.2. The van der Waals surface area contributed by atoms with Gasteiger partial charge in [0.1, 0.15) is 11.9 Å². The zero-order chi connectivity index (χ0) is 22.8. The number of benzene rings is 1. The van der Waals surface area contributed by atoms with Crippen LogP contribution in [0.4, 0.5) is 11.4 Å². The molecule has 1 aromatic carbocycles. The van der Waals surface area contributed by atoms with Crippen molar-refractivity contribution in [1.29, 1.82) is 0 Å². The molecule has 3 aromatic rings. The summed E-state index contributed by atoms with van der Waals surface area (Å²) in [6.07, 6.45) is 1.56. The van der Waals surface area contributed by atoms with Crippen molar-refractivity contribution in [3.05, 3.63) is 63.4 Å². The van der Waals surface area contributed by atoms with Crippen molar-refractivity contribution >= 4 is 34.2 Å². The Labute approximate surface area is 183 Å². The summed E-state index contributed by atoms with van der Waals surface area (Å²) in [4.78, 5) is 58.4. The van der Waals surface area contributed by atoms with Crippen molar-refractivity contribution in [2.45, 2.75) is 13.5 Å². The minimum absolute atomic E-state index is 0.0124. The normalized spacial score (nSPS) is 13.9. The highest BCUT2D eigenvalue weighted by molar-refractivity contribution is 5.92. The van der Waals surface area contributed by atoms with Gasteiger partial charge in [-0.15, -0.1) is 0 Å². The molecular formula is C22H24N6O4. The van der Waals surface area contributed by atoms with Gasteiger partial charge in [-0.1, -0.05) is 18.2 Å². The number of nitrogens with zero attached hydrogens (tertiary/aromatic N) is 5. The summed E-state index contributed by atoms with van der Waals surface area (Å²) in [5, 5.41) is 2.97. The van der Waals surface area contributed by atoms with Crippen LogP contribution in [0.5, 0.6) is 0 Å². The minimum atomic E-state index is -0.614. The maximum Gasteiger partial charge on any atom is 0.332 e. The highest BCUT2D eigenvalue weighted by Crippen LogP contribution is 2.23. The molecule has 0 atom stereocenters.